The van der Waals surface area contributed by atoms with Gasteiger partial charge in [0.1, 0.15) is 73.2 Å². The minimum atomic E-state index is -1.98. The zero-order chi connectivity index (χ0) is 59.0. The standard InChI is InChI=1S/C62H109NO18/c1-3-5-7-9-11-13-15-17-19-20-21-22-23-24-26-27-29-31-33-35-37-39-46(67)45(63-50(68)40-38-36-34-32-30-28-25-18-16-14-12-10-8-6-4-2)44-76-60-56(74)53(71)58(48(42-65)78-60)81-62-57(75)54(72)59(49(43-66)79-62)80-61-55(73)52(70)51(69)47(41-64)77-61/h6,8,12,14,18,25,29,31,37,39,45-49,51-62,64-67,69-75H,3-5,7,9-11,13,15-17,19-24,26-28,30,32-36,38,40-44H2,1-2H3,(H,63,68)/b8-6-,14-12-,25-18-,31-29+,39-37+. The van der Waals surface area contributed by atoms with Gasteiger partial charge in [-0.25, -0.2) is 0 Å². The molecule has 0 aromatic rings. The fourth-order valence-electron chi connectivity index (χ4n) is 10.2. The molecule has 12 N–H and O–H groups in total. The van der Waals surface area contributed by atoms with Crippen molar-refractivity contribution >= 4 is 5.91 Å². The van der Waals surface area contributed by atoms with Crippen LogP contribution >= 0.6 is 0 Å². The summed E-state index contributed by atoms with van der Waals surface area (Å²) in [4.78, 5) is 13.3. The highest BCUT2D eigenvalue weighted by atomic mass is 16.8. The van der Waals surface area contributed by atoms with Crippen LogP contribution in [0.3, 0.4) is 0 Å². The van der Waals surface area contributed by atoms with Gasteiger partial charge in [0.2, 0.25) is 5.91 Å². The number of hydrogen-bond acceptors (Lipinski definition) is 18. The fourth-order valence-corrected chi connectivity index (χ4v) is 10.2. The van der Waals surface area contributed by atoms with E-state index < -0.39 is 124 Å². The van der Waals surface area contributed by atoms with Crippen LogP contribution in [0.4, 0.5) is 0 Å². The summed E-state index contributed by atoms with van der Waals surface area (Å²) in [5.41, 5.74) is 0. The number of carbonyl (C=O) groups excluding carboxylic acids is 1. The molecule has 19 nitrogen and oxygen atoms in total. The Morgan fingerprint density at radius 3 is 1.38 bits per heavy atom. The third kappa shape index (κ3) is 28.5. The molecule has 1 amide bonds. The highest BCUT2D eigenvalue weighted by Gasteiger charge is 2.53. The molecule has 0 spiro atoms. The summed E-state index contributed by atoms with van der Waals surface area (Å²) < 4.78 is 34.2. The lowest BCUT2D eigenvalue weighted by Crippen LogP contribution is -2.66. The molecule has 19 heteroatoms. The molecule has 0 aliphatic carbocycles. The quantitative estimate of drug-likeness (QED) is 0.0244. The minimum absolute atomic E-state index is 0.213. The average Bonchev–Trinajstić information content (AvgIpc) is 3.52. The van der Waals surface area contributed by atoms with Gasteiger partial charge in [0.15, 0.2) is 18.9 Å². The minimum Gasteiger partial charge on any atom is -0.394 e. The SMILES string of the molecule is CC/C=C\C/C=C\C/C=C\CCCCCCCC(=O)NC(COC1OC(CO)C(OC2OC(CO)C(OC3OC(CO)C(O)C(O)C3O)C(O)C2O)C(O)C1O)C(O)/C=C/CC/C=C/CCCCCCCCCCCCCCCCC. The second-order valence-electron chi connectivity index (χ2n) is 22.1. The third-order valence-corrected chi connectivity index (χ3v) is 15.3. The Bertz CT molecular complexity index is 1710. The van der Waals surface area contributed by atoms with Crippen molar-refractivity contribution in [3.8, 4) is 0 Å². The summed E-state index contributed by atoms with van der Waals surface area (Å²) in [6, 6.07) is -1.00. The van der Waals surface area contributed by atoms with Crippen LogP contribution in [0, 0.1) is 0 Å². The van der Waals surface area contributed by atoms with E-state index in [1.807, 2.05) is 6.08 Å². The highest BCUT2D eigenvalue weighted by Crippen LogP contribution is 2.33. The van der Waals surface area contributed by atoms with E-state index in [0.717, 1.165) is 70.6 Å². The number of allylic oxidation sites excluding steroid dienone is 9. The van der Waals surface area contributed by atoms with Crippen molar-refractivity contribution in [2.75, 3.05) is 26.4 Å². The van der Waals surface area contributed by atoms with Crippen LogP contribution in [0.15, 0.2) is 60.8 Å². The van der Waals surface area contributed by atoms with E-state index >= 15 is 0 Å². The van der Waals surface area contributed by atoms with Crippen LogP contribution in [0.1, 0.15) is 194 Å². The van der Waals surface area contributed by atoms with Gasteiger partial charge in [-0.15, -0.1) is 0 Å². The van der Waals surface area contributed by atoms with Crippen molar-refractivity contribution in [3.63, 3.8) is 0 Å². The molecule has 0 aromatic carbocycles. The van der Waals surface area contributed by atoms with Gasteiger partial charge in [-0.05, 0) is 64.2 Å². The predicted octanol–water partition coefficient (Wildman–Crippen LogP) is 6.04. The van der Waals surface area contributed by atoms with Gasteiger partial charge in [-0.3, -0.25) is 4.79 Å². The topological polar surface area (TPSA) is 307 Å². The molecule has 3 saturated heterocycles. The Morgan fingerprint density at radius 2 is 0.864 bits per heavy atom. The Balaban J connectivity index is 1.51. The summed E-state index contributed by atoms with van der Waals surface area (Å²) in [7, 11) is 0. The molecule has 0 bridgehead atoms. The molecule has 17 unspecified atom stereocenters. The van der Waals surface area contributed by atoms with Gasteiger partial charge in [0.05, 0.1) is 38.6 Å². The first kappa shape index (κ1) is 72.7. The maximum atomic E-state index is 13.3. The molecule has 0 aromatic heterocycles. The van der Waals surface area contributed by atoms with Crippen LogP contribution in [0.25, 0.3) is 0 Å². The molecule has 3 aliphatic heterocycles. The number of carbonyl (C=O) groups is 1. The molecule has 81 heavy (non-hydrogen) atoms. The van der Waals surface area contributed by atoms with Gasteiger partial charge in [0.25, 0.3) is 0 Å². The second kappa shape index (κ2) is 44.9. The van der Waals surface area contributed by atoms with Crippen LogP contribution in [-0.2, 0) is 33.2 Å². The molecule has 3 aliphatic rings. The molecular formula is C62H109NO18. The summed E-state index contributed by atoms with van der Waals surface area (Å²) in [5, 5.41) is 120. The smallest absolute Gasteiger partial charge is 0.220 e. The molecule has 17 atom stereocenters. The Labute approximate surface area is 484 Å². The van der Waals surface area contributed by atoms with E-state index in [2.05, 4.69) is 67.8 Å². The Kier molecular flexibility index (Phi) is 40.3. The lowest BCUT2D eigenvalue weighted by atomic mass is 9.96. The van der Waals surface area contributed by atoms with E-state index in [1.165, 1.54) is 89.9 Å². The molecule has 3 fully saturated rings. The molecular weight excluding hydrogens is 1050 g/mol. The molecule has 3 rings (SSSR count). The monoisotopic (exact) mass is 1160 g/mol. The number of nitrogens with one attached hydrogen (secondary N) is 1. The van der Waals surface area contributed by atoms with Crippen LogP contribution in [0.2, 0.25) is 0 Å². The molecule has 0 radical (unpaired) electrons. The average molecular weight is 1160 g/mol. The summed E-state index contributed by atoms with van der Waals surface area (Å²) in [6.45, 7) is 1.57. The van der Waals surface area contributed by atoms with Crippen molar-refractivity contribution in [1.29, 1.82) is 0 Å². The van der Waals surface area contributed by atoms with E-state index in [1.54, 1.807) is 6.08 Å². The number of unbranched alkanes of at least 4 members (excludes halogenated alkanes) is 21. The molecule has 3 heterocycles. The first-order valence-electron chi connectivity index (χ1n) is 31.0. The normalized spacial score (nSPS) is 30.2. The Hall–Kier alpha value is -2.51. The van der Waals surface area contributed by atoms with Gasteiger partial charge in [-0.1, -0.05) is 184 Å². The van der Waals surface area contributed by atoms with Crippen molar-refractivity contribution in [1.82, 2.24) is 5.32 Å². The maximum absolute atomic E-state index is 13.3. The first-order valence-corrected chi connectivity index (χ1v) is 31.0. The van der Waals surface area contributed by atoms with Gasteiger partial charge in [-0.2, -0.15) is 0 Å². The predicted molar refractivity (Wildman–Crippen MR) is 309 cm³/mol. The van der Waals surface area contributed by atoms with Crippen LogP contribution in [-0.4, -0.2) is 193 Å². The first-order chi connectivity index (χ1) is 39.3. The van der Waals surface area contributed by atoms with E-state index in [9.17, 15) is 61.0 Å². The van der Waals surface area contributed by atoms with E-state index in [0.29, 0.717) is 12.8 Å². The highest BCUT2D eigenvalue weighted by molar-refractivity contribution is 5.76. The van der Waals surface area contributed by atoms with Crippen LogP contribution < -0.4 is 5.32 Å². The van der Waals surface area contributed by atoms with Crippen LogP contribution in [0.5, 0.6) is 0 Å². The number of aliphatic hydroxyl groups is 11. The second-order valence-corrected chi connectivity index (χ2v) is 22.1. The zero-order valence-electron chi connectivity index (χ0n) is 49.0. The van der Waals surface area contributed by atoms with Crippen molar-refractivity contribution in [3.05, 3.63) is 60.8 Å². The zero-order valence-corrected chi connectivity index (χ0v) is 49.0. The van der Waals surface area contributed by atoms with Gasteiger partial charge < -0.3 is 89.9 Å². The van der Waals surface area contributed by atoms with Gasteiger partial charge >= 0.3 is 0 Å². The van der Waals surface area contributed by atoms with Crippen molar-refractivity contribution < 1.29 is 89.4 Å². The summed E-state index contributed by atoms with van der Waals surface area (Å²) >= 11 is 0. The number of aliphatic hydroxyl groups excluding tert-OH is 11. The van der Waals surface area contributed by atoms with Crippen molar-refractivity contribution in [2.45, 2.75) is 298 Å². The van der Waals surface area contributed by atoms with Gasteiger partial charge in [0, 0.05) is 6.42 Å². The molecule has 0 saturated carbocycles. The largest absolute Gasteiger partial charge is 0.394 e. The van der Waals surface area contributed by atoms with E-state index in [-0.39, 0.29) is 18.9 Å². The number of amides is 1. The number of hydrogen-bond donors (Lipinski definition) is 12. The third-order valence-electron chi connectivity index (χ3n) is 15.3. The lowest BCUT2D eigenvalue weighted by molar-refractivity contribution is -0.379. The van der Waals surface area contributed by atoms with Crippen molar-refractivity contribution in [2.24, 2.45) is 0 Å². The summed E-state index contributed by atoms with van der Waals surface area (Å²) in [6.07, 6.45) is 24.9. The fraction of sp³-hybridized carbons (Fsp3) is 0.823. The Morgan fingerprint density at radius 1 is 0.457 bits per heavy atom. The number of rotatable bonds is 45. The lowest BCUT2D eigenvalue weighted by Gasteiger charge is -2.48. The number of ether oxygens (including phenoxy) is 6. The maximum Gasteiger partial charge on any atom is 0.220 e. The molecule has 470 valence electrons. The van der Waals surface area contributed by atoms with E-state index in [4.69, 9.17) is 28.4 Å². The summed E-state index contributed by atoms with van der Waals surface area (Å²) in [5.74, 6) is -0.305.